The number of carbonyl (C=O) groups is 1. The molecular formula is C13H12O. The lowest BCUT2D eigenvalue weighted by Crippen LogP contribution is -1.73. The first-order valence-corrected chi connectivity index (χ1v) is 4.36. The van der Waals surface area contributed by atoms with Crippen molar-refractivity contribution in [3.8, 4) is 11.1 Å². The summed E-state index contributed by atoms with van der Waals surface area (Å²) in [4.78, 5) is 8.00. The van der Waals surface area contributed by atoms with Crippen molar-refractivity contribution in [2.24, 2.45) is 0 Å². The molecule has 0 heterocycles. The van der Waals surface area contributed by atoms with Crippen LogP contribution in [0.5, 0.6) is 0 Å². The molecule has 0 saturated heterocycles. The molecule has 0 spiro atoms. The van der Waals surface area contributed by atoms with Gasteiger partial charge in [0.2, 0.25) is 0 Å². The molecule has 70 valence electrons. The molecule has 0 saturated carbocycles. The predicted octanol–water partition coefficient (Wildman–Crippen LogP) is 3.17. The topological polar surface area (TPSA) is 17.1 Å². The van der Waals surface area contributed by atoms with Crippen molar-refractivity contribution in [2.75, 3.05) is 0 Å². The number of hydrogen-bond donors (Lipinski definition) is 0. The van der Waals surface area contributed by atoms with E-state index >= 15 is 0 Å². The maximum atomic E-state index is 8.00. The van der Waals surface area contributed by atoms with Crippen LogP contribution in [0.2, 0.25) is 0 Å². The van der Waals surface area contributed by atoms with Crippen LogP contribution in [0.3, 0.4) is 0 Å². The lowest BCUT2D eigenvalue weighted by molar-refractivity contribution is -0.0979. The van der Waals surface area contributed by atoms with Gasteiger partial charge in [0.25, 0.3) is 0 Å². The molecule has 2 aromatic carbocycles. The highest BCUT2D eigenvalue weighted by atomic mass is 16.1. The zero-order valence-corrected chi connectivity index (χ0v) is 7.89. The molecule has 1 heteroatoms. The van der Waals surface area contributed by atoms with Crippen molar-refractivity contribution in [3.05, 3.63) is 60.7 Å². The van der Waals surface area contributed by atoms with Crippen molar-refractivity contribution in [2.45, 2.75) is 0 Å². The molecule has 0 aliphatic heterocycles. The highest BCUT2D eigenvalue weighted by Gasteiger charge is 1.91. The lowest BCUT2D eigenvalue weighted by atomic mass is 10.1. The molecule has 1 nitrogen and oxygen atoms in total. The van der Waals surface area contributed by atoms with E-state index in [4.69, 9.17) is 4.79 Å². The third-order valence-corrected chi connectivity index (χ3v) is 1.88. The summed E-state index contributed by atoms with van der Waals surface area (Å²) in [5, 5.41) is 0. The smallest absolute Gasteiger partial charge is 0.106 e. The van der Waals surface area contributed by atoms with Gasteiger partial charge in [-0.2, -0.15) is 0 Å². The van der Waals surface area contributed by atoms with E-state index in [2.05, 4.69) is 48.5 Å². The van der Waals surface area contributed by atoms with Gasteiger partial charge in [-0.1, -0.05) is 60.7 Å². The highest BCUT2D eigenvalue weighted by Crippen LogP contribution is 2.17. The van der Waals surface area contributed by atoms with Gasteiger partial charge in [-0.3, -0.25) is 0 Å². The summed E-state index contributed by atoms with van der Waals surface area (Å²) in [6.45, 7) is 2.00. The average molecular weight is 184 g/mol. The van der Waals surface area contributed by atoms with Crippen LogP contribution in [-0.4, -0.2) is 6.79 Å². The second-order valence-corrected chi connectivity index (χ2v) is 2.73. The molecule has 0 unspecified atom stereocenters. The van der Waals surface area contributed by atoms with Gasteiger partial charge >= 0.3 is 0 Å². The lowest BCUT2D eigenvalue weighted by Gasteiger charge is -1.98. The second kappa shape index (κ2) is 5.70. The fourth-order valence-corrected chi connectivity index (χ4v) is 1.26. The zero-order valence-electron chi connectivity index (χ0n) is 7.89. The zero-order chi connectivity index (χ0) is 10.2. The molecular weight excluding hydrogens is 172 g/mol. The molecule has 0 amide bonds. The van der Waals surface area contributed by atoms with E-state index in [1.165, 1.54) is 11.1 Å². The Morgan fingerprint density at radius 2 is 0.857 bits per heavy atom. The Kier molecular flexibility index (Phi) is 4.15. The van der Waals surface area contributed by atoms with Gasteiger partial charge in [0.1, 0.15) is 6.79 Å². The SMILES string of the molecule is C=O.c1ccc(-c2ccccc2)cc1. The minimum Gasteiger partial charge on any atom is -0.307 e. The normalized spacial score (nSPS) is 8.57. The van der Waals surface area contributed by atoms with E-state index in [9.17, 15) is 0 Å². The molecule has 0 bridgehead atoms. The monoisotopic (exact) mass is 184 g/mol. The number of carbonyl (C=O) groups excluding carboxylic acids is 1. The van der Waals surface area contributed by atoms with Crippen LogP contribution < -0.4 is 0 Å². The van der Waals surface area contributed by atoms with Crippen LogP contribution >= 0.6 is 0 Å². The fourth-order valence-electron chi connectivity index (χ4n) is 1.26. The highest BCUT2D eigenvalue weighted by molar-refractivity contribution is 5.62. The Balaban J connectivity index is 0.000000461. The van der Waals surface area contributed by atoms with Gasteiger partial charge in [-0.05, 0) is 11.1 Å². The van der Waals surface area contributed by atoms with Crippen LogP contribution in [0.15, 0.2) is 60.7 Å². The third-order valence-electron chi connectivity index (χ3n) is 1.88. The molecule has 0 atom stereocenters. The maximum absolute atomic E-state index is 8.00. The van der Waals surface area contributed by atoms with Crippen molar-refractivity contribution in [1.82, 2.24) is 0 Å². The summed E-state index contributed by atoms with van der Waals surface area (Å²) in [7, 11) is 0. The van der Waals surface area contributed by atoms with E-state index < -0.39 is 0 Å². The Morgan fingerprint density at radius 3 is 1.14 bits per heavy atom. The molecule has 0 fully saturated rings. The molecule has 0 radical (unpaired) electrons. The molecule has 14 heavy (non-hydrogen) atoms. The van der Waals surface area contributed by atoms with Gasteiger partial charge in [0.15, 0.2) is 0 Å². The maximum Gasteiger partial charge on any atom is 0.106 e. The predicted molar refractivity (Wildman–Crippen MR) is 59.0 cm³/mol. The van der Waals surface area contributed by atoms with Crippen LogP contribution in [0.4, 0.5) is 0 Å². The quantitative estimate of drug-likeness (QED) is 0.665. The Labute approximate surface area is 84.0 Å². The summed E-state index contributed by atoms with van der Waals surface area (Å²) >= 11 is 0. The number of hydrogen-bond acceptors (Lipinski definition) is 1. The van der Waals surface area contributed by atoms with E-state index in [1.54, 1.807) is 0 Å². The first-order valence-electron chi connectivity index (χ1n) is 4.36. The standard InChI is InChI=1S/C12H10.CH2O/c1-3-7-11(8-4-1)12-9-5-2-6-10-12;1-2/h1-10H;1H2. The van der Waals surface area contributed by atoms with Crippen LogP contribution in [-0.2, 0) is 4.79 Å². The van der Waals surface area contributed by atoms with Gasteiger partial charge in [0, 0.05) is 0 Å². The first kappa shape index (κ1) is 10.2. The second-order valence-electron chi connectivity index (χ2n) is 2.73. The van der Waals surface area contributed by atoms with Crippen molar-refractivity contribution in [3.63, 3.8) is 0 Å². The average Bonchev–Trinajstić information content (AvgIpc) is 2.34. The largest absolute Gasteiger partial charge is 0.307 e. The van der Waals surface area contributed by atoms with E-state index in [1.807, 2.05) is 18.9 Å². The summed E-state index contributed by atoms with van der Waals surface area (Å²) < 4.78 is 0. The molecule has 0 aromatic heterocycles. The molecule has 0 N–H and O–H groups in total. The Morgan fingerprint density at radius 1 is 0.571 bits per heavy atom. The van der Waals surface area contributed by atoms with Gasteiger partial charge in [-0.25, -0.2) is 0 Å². The summed E-state index contributed by atoms with van der Waals surface area (Å²) in [5.74, 6) is 0. The number of rotatable bonds is 1. The summed E-state index contributed by atoms with van der Waals surface area (Å²) in [5.41, 5.74) is 2.55. The molecule has 2 aromatic rings. The van der Waals surface area contributed by atoms with E-state index in [0.29, 0.717) is 0 Å². The Bertz CT molecular complexity index is 316. The van der Waals surface area contributed by atoms with Crippen molar-refractivity contribution >= 4 is 6.79 Å². The number of benzene rings is 2. The van der Waals surface area contributed by atoms with E-state index in [-0.39, 0.29) is 0 Å². The summed E-state index contributed by atoms with van der Waals surface area (Å²) in [6.07, 6.45) is 0. The van der Waals surface area contributed by atoms with Gasteiger partial charge < -0.3 is 4.79 Å². The van der Waals surface area contributed by atoms with Crippen molar-refractivity contribution < 1.29 is 4.79 Å². The third kappa shape index (κ3) is 2.56. The van der Waals surface area contributed by atoms with Crippen molar-refractivity contribution in [1.29, 1.82) is 0 Å². The van der Waals surface area contributed by atoms with Crippen LogP contribution in [0.1, 0.15) is 0 Å². The molecule has 2 rings (SSSR count). The Hall–Kier alpha value is -1.89. The molecule has 0 aliphatic carbocycles. The molecule has 0 aliphatic rings. The van der Waals surface area contributed by atoms with E-state index in [0.717, 1.165) is 0 Å². The minimum absolute atomic E-state index is 1.28. The minimum atomic E-state index is 1.28. The van der Waals surface area contributed by atoms with Crippen LogP contribution in [0, 0.1) is 0 Å². The summed E-state index contributed by atoms with van der Waals surface area (Å²) in [6, 6.07) is 20.8. The van der Waals surface area contributed by atoms with Crippen LogP contribution in [0.25, 0.3) is 11.1 Å². The first-order chi connectivity index (χ1) is 6.97. The van der Waals surface area contributed by atoms with Gasteiger partial charge in [0.05, 0.1) is 0 Å². The fraction of sp³-hybridized carbons (Fsp3) is 0. The van der Waals surface area contributed by atoms with Gasteiger partial charge in [-0.15, -0.1) is 0 Å².